The lowest BCUT2D eigenvalue weighted by atomic mass is 10.1. The van der Waals surface area contributed by atoms with Gasteiger partial charge in [-0.2, -0.15) is 0 Å². The van der Waals surface area contributed by atoms with Gasteiger partial charge in [-0.15, -0.1) is 11.3 Å². The van der Waals surface area contributed by atoms with Gasteiger partial charge in [-0.05, 0) is 36.6 Å². The molecule has 0 saturated heterocycles. The molecular weight excluding hydrogens is 346 g/mol. The molecule has 2 aromatic rings. The zero-order valence-electron chi connectivity index (χ0n) is 10.6. The van der Waals surface area contributed by atoms with Crippen LogP contribution in [-0.2, 0) is 0 Å². The van der Waals surface area contributed by atoms with Crippen molar-refractivity contribution in [1.82, 2.24) is 4.90 Å². The van der Waals surface area contributed by atoms with Gasteiger partial charge in [0.25, 0.3) is 5.91 Å². The van der Waals surface area contributed by atoms with Crippen molar-refractivity contribution in [2.45, 2.75) is 13.0 Å². The predicted molar refractivity (Wildman–Crippen MR) is 84.0 cm³/mol. The van der Waals surface area contributed by atoms with Gasteiger partial charge in [0, 0.05) is 16.4 Å². The Labute approximate surface area is 130 Å². The summed E-state index contributed by atoms with van der Waals surface area (Å²) in [5.74, 6) is -0.0709. The van der Waals surface area contributed by atoms with Crippen LogP contribution >= 0.6 is 38.9 Å². The van der Waals surface area contributed by atoms with E-state index in [2.05, 4.69) is 15.9 Å². The van der Waals surface area contributed by atoms with E-state index in [9.17, 15) is 4.79 Å². The molecule has 0 spiro atoms. The van der Waals surface area contributed by atoms with E-state index in [4.69, 9.17) is 11.6 Å². The first-order valence-electron chi connectivity index (χ1n) is 5.76. The molecule has 1 unspecified atom stereocenters. The summed E-state index contributed by atoms with van der Waals surface area (Å²) in [5.41, 5.74) is 0.524. The summed E-state index contributed by atoms with van der Waals surface area (Å²) in [5, 5.41) is 2.47. The van der Waals surface area contributed by atoms with E-state index < -0.39 is 0 Å². The Kier molecular flexibility index (Phi) is 4.66. The monoisotopic (exact) mass is 357 g/mol. The Morgan fingerprint density at radius 3 is 2.74 bits per heavy atom. The first-order valence-corrected chi connectivity index (χ1v) is 7.81. The first-order chi connectivity index (χ1) is 9.00. The molecule has 2 nitrogen and oxygen atoms in total. The number of amides is 1. The molecule has 0 bridgehead atoms. The van der Waals surface area contributed by atoms with Crippen LogP contribution in [0.15, 0.2) is 40.2 Å². The second-order valence-corrected chi connectivity index (χ2v) is 6.53. The standard InChI is InChI=1S/C14H13BrClNOS/c1-9(13-4-3-7-19-13)17(2)14(18)11-6-5-10(15)8-12(11)16/h3-9H,1-2H3. The van der Waals surface area contributed by atoms with Crippen LogP contribution in [-0.4, -0.2) is 17.9 Å². The minimum atomic E-state index is -0.0709. The van der Waals surface area contributed by atoms with Crippen LogP contribution in [0.4, 0.5) is 0 Å². The Morgan fingerprint density at radius 2 is 2.16 bits per heavy atom. The van der Waals surface area contributed by atoms with Gasteiger partial charge in [0.2, 0.25) is 0 Å². The summed E-state index contributed by atoms with van der Waals surface area (Å²) < 4.78 is 0.864. The lowest BCUT2D eigenvalue weighted by Crippen LogP contribution is -2.29. The Bertz CT molecular complexity index is 585. The smallest absolute Gasteiger partial charge is 0.255 e. The highest BCUT2D eigenvalue weighted by molar-refractivity contribution is 9.10. The van der Waals surface area contributed by atoms with E-state index >= 15 is 0 Å². The zero-order valence-corrected chi connectivity index (χ0v) is 13.7. The van der Waals surface area contributed by atoms with E-state index in [1.165, 1.54) is 0 Å². The molecule has 0 N–H and O–H groups in total. The number of hydrogen-bond acceptors (Lipinski definition) is 2. The van der Waals surface area contributed by atoms with E-state index in [-0.39, 0.29) is 11.9 Å². The number of nitrogens with zero attached hydrogens (tertiary/aromatic N) is 1. The molecule has 0 radical (unpaired) electrons. The predicted octanol–water partition coefficient (Wildman–Crippen LogP) is 5.00. The third kappa shape index (κ3) is 3.19. The second kappa shape index (κ2) is 6.07. The van der Waals surface area contributed by atoms with Crippen molar-refractivity contribution in [2.24, 2.45) is 0 Å². The highest BCUT2D eigenvalue weighted by Crippen LogP contribution is 2.27. The van der Waals surface area contributed by atoms with Crippen LogP contribution in [0.25, 0.3) is 0 Å². The number of carbonyl (C=O) groups is 1. The van der Waals surface area contributed by atoms with Gasteiger partial charge < -0.3 is 4.90 Å². The third-order valence-electron chi connectivity index (χ3n) is 3.02. The molecule has 0 saturated carbocycles. The molecule has 0 fully saturated rings. The second-order valence-electron chi connectivity index (χ2n) is 4.23. The zero-order chi connectivity index (χ0) is 14.0. The van der Waals surface area contributed by atoms with Crippen LogP contribution in [0.5, 0.6) is 0 Å². The van der Waals surface area contributed by atoms with Crippen LogP contribution in [0, 0.1) is 0 Å². The minimum absolute atomic E-state index is 0.0345. The summed E-state index contributed by atoms with van der Waals surface area (Å²) in [6.07, 6.45) is 0. The summed E-state index contributed by atoms with van der Waals surface area (Å²) in [7, 11) is 1.80. The fourth-order valence-corrected chi connectivity index (χ4v) is 3.33. The van der Waals surface area contributed by atoms with Gasteiger partial charge in [0.15, 0.2) is 0 Å². The number of hydrogen-bond donors (Lipinski definition) is 0. The van der Waals surface area contributed by atoms with Gasteiger partial charge in [0.1, 0.15) is 0 Å². The molecule has 1 heterocycles. The molecule has 19 heavy (non-hydrogen) atoms. The Morgan fingerprint density at radius 1 is 1.42 bits per heavy atom. The van der Waals surface area contributed by atoms with E-state index in [0.29, 0.717) is 10.6 Å². The Hall–Kier alpha value is -0.840. The molecule has 0 aliphatic rings. The average molecular weight is 359 g/mol. The minimum Gasteiger partial charge on any atom is -0.334 e. The van der Waals surface area contributed by atoms with Crippen molar-refractivity contribution in [1.29, 1.82) is 0 Å². The van der Waals surface area contributed by atoms with Gasteiger partial charge in [-0.3, -0.25) is 4.79 Å². The number of halogens is 2. The van der Waals surface area contributed by atoms with Crippen molar-refractivity contribution in [3.8, 4) is 0 Å². The van der Waals surface area contributed by atoms with Crippen molar-refractivity contribution in [3.63, 3.8) is 0 Å². The van der Waals surface area contributed by atoms with E-state index in [1.807, 2.05) is 30.5 Å². The van der Waals surface area contributed by atoms with Crippen molar-refractivity contribution in [2.75, 3.05) is 7.05 Å². The van der Waals surface area contributed by atoms with Crippen LogP contribution in [0.3, 0.4) is 0 Å². The summed E-state index contributed by atoms with van der Waals surface area (Å²) >= 11 is 11.1. The topological polar surface area (TPSA) is 20.3 Å². The largest absolute Gasteiger partial charge is 0.334 e. The molecule has 5 heteroatoms. The summed E-state index contributed by atoms with van der Waals surface area (Å²) in [4.78, 5) is 15.3. The molecule has 1 amide bonds. The number of carbonyl (C=O) groups excluding carboxylic acids is 1. The summed E-state index contributed by atoms with van der Waals surface area (Å²) in [6.45, 7) is 2.01. The normalized spacial score (nSPS) is 12.2. The average Bonchev–Trinajstić information content (AvgIpc) is 2.90. The van der Waals surface area contributed by atoms with Gasteiger partial charge in [-0.1, -0.05) is 33.6 Å². The van der Waals surface area contributed by atoms with Crippen molar-refractivity contribution >= 4 is 44.8 Å². The molecule has 0 aliphatic carbocycles. The van der Waals surface area contributed by atoms with E-state index in [1.54, 1.807) is 35.4 Å². The molecular formula is C14H13BrClNOS. The lowest BCUT2D eigenvalue weighted by molar-refractivity contribution is 0.0745. The fourth-order valence-electron chi connectivity index (χ4n) is 1.75. The molecule has 1 aromatic carbocycles. The number of thiophene rings is 1. The van der Waals surface area contributed by atoms with E-state index in [0.717, 1.165) is 9.35 Å². The van der Waals surface area contributed by atoms with Gasteiger partial charge in [-0.25, -0.2) is 0 Å². The third-order valence-corrected chi connectivity index (χ3v) is 4.87. The van der Waals surface area contributed by atoms with Gasteiger partial charge >= 0.3 is 0 Å². The molecule has 1 atom stereocenters. The highest BCUT2D eigenvalue weighted by Gasteiger charge is 2.21. The molecule has 2 rings (SSSR count). The molecule has 100 valence electrons. The van der Waals surface area contributed by atoms with Crippen LogP contribution in [0.1, 0.15) is 28.2 Å². The van der Waals surface area contributed by atoms with Crippen molar-refractivity contribution in [3.05, 3.63) is 55.6 Å². The quantitative estimate of drug-likeness (QED) is 0.756. The van der Waals surface area contributed by atoms with Crippen molar-refractivity contribution < 1.29 is 4.79 Å². The number of rotatable bonds is 3. The number of benzene rings is 1. The maximum Gasteiger partial charge on any atom is 0.255 e. The Balaban J connectivity index is 2.24. The maximum absolute atomic E-state index is 12.4. The maximum atomic E-state index is 12.4. The molecule has 1 aromatic heterocycles. The fraction of sp³-hybridized carbons (Fsp3) is 0.214. The molecule has 0 aliphatic heterocycles. The SMILES string of the molecule is CC(c1cccs1)N(C)C(=O)c1ccc(Br)cc1Cl. The summed E-state index contributed by atoms with van der Waals surface area (Å²) in [6, 6.07) is 9.35. The highest BCUT2D eigenvalue weighted by atomic mass is 79.9. The van der Waals surface area contributed by atoms with Gasteiger partial charge in [0.05, 0.1) is 16.6 Å². The lowest BCUT2D eigenvalue weighted by Gasteiger charge is -2.24. The first kappa shape index (κ1) is 14.6. The van der Waals surface area contributed by atoms with Crippen LogP contribution in [0.2, 0.25) is 5.02 Å². The van der Waals surface area contributed by atoms with Crippen LogP contribution < -0.4 is 0 Å².